The molecule has 2 aromatic heterocycles. The van der Waals surface area contributed by atoms with Crippen LogP contribution in [-0.4, -0.2) is 9.55 Å². The van der Waals surface area contributed by atoms with Crippen LogP contribution in [0.25, 0.3) is 11.0 Å². The van der Waals surface area contributed by atoms with Gasteiger partial charge in [0.1, 0.15) is 23.2 Å². The first kappa shape index (κ1) is 12.0. The fourth-order valence-electron chi connectivity index (χ4n) is 2.31. The molecular weight excluding hydrogens is 238 g/mol. The maximum Gasteiger partial charge on any atom is 0.134 e. The molecule has 1 aromatic carbocycles. The fraction of sp³-hybridized carbons (Fsp3) is 0.267. The first-order valence-corrected chi connectivity index (χ1v) is 6.54. The van der Waals surface area contributed by atoms with Gasteiger partial charge in [-0.1, -0.05) is 25.1 Å². The minimum Gasteiger partial charge on any atom is -0.459 e. The largest absolute Gasteiger partial charge is 0.459 e. The number of hydrogen-bond acceptors (Lipinski definition) is 3. The van der Waals surface area contributed by atoms with Gasteiger partial charge in [-0.3, -0.25) is 0 Å². The molecular formula is C15H17N3O. The zero-order valence-electron chi connectivity index (χ0n) is 10.9. The molecule has 1 unspecified atom stereocenters. The Morgan fingerprint density at radius 2 is 2.21 bits per heavy atom. The van der Waals surface area contributed by atoms with Crippen molar-refractivity contribution in [2.24, 2.45) is 5.73 Å². The fourth-order valence-corrected chi connectivity index (χ4v) is 2.31. The number of aromatic nitrogens is 2. The minimum absolute atomic E-state index is 0.325. The van der Waals surface area contributed by atoms with Gasteiger partial charge < -0.3 is 14.7 Å². The molecule has 0 spiro atoms. The van der Waals surface area contributed by atoms with Gasteiger partial charge in [0.25, 0.3) is 0 Å². The number of hydrogen-bond donors (Lipinski definition) is 1. The SMILES string of the molecule is CCCn1ccnc1C(N)c1cc2ccccc2o1. The average Bonchev–Trinajstić information content (AvgIpc) is 3.04. The molecule has 19 heavy (non-hydrogen) atoms. The van der Waals surface area contributed by atoms with Crippen molar-refractivity contribution < 1.29 is 4.42 Å². The van der Waals surface area contributed by atoms with Crippen LogP contribution in [0.2, 0.25) is 0 Å². The van der Waals surface area contributed by atoms with Crippen LogP contribution in [0.5, 0.6) is 0 Å². The van der Waals surface area contributed by atoms with Crippen molar-refractivity contribution in [3.8, 4) is 0 Å². The zero-order valence-corrected chi connectivity index (χ0v) is 10.9. The van der Waals surface area contributed by atoms with Crippen LogP contribution in [-0.2, 0) is 6.54 Å². The normalized spacial score (nSPS) is 12.9. The summed E-state index contributed by atoms with van der Waals surface area (Å²) in [5, 5.41) is 1.07. The van der Waals surface area contributed by atoms with Gasteiger partial charge in [-0.2, -0.15) is 0 Å². The number of nitrogens with zero attached hydrogens (tertiary/aromatic N) is 2. The molecule has 0 amide bonds. The maximum absolute atomic E-state index is 6.28. The van der Waals surface area contributed by atoms with Crippen LogP contribution >= 0.6 is 0 Å². The predicted octanol–water partition coefficient (Wildman–Crippen LogP) is 3.09. The zero-order chi connectivity index (χ0) is 13.2. The third kappa shape index (κ3) is 2.15. The van der Waals surface area contributed by atoms with E-state index in [1.54, 1.807) is 6.20 Å². The summed E-state index contributed by atoms with van der Waals surface area (Å²) in [4.78, 5) is 4.36. The van der Waals surface area contributed by atoms with E-state index in [9.17, 15) is 0 Å². The van der Waals surface area contributed by atoms with Crippen molar-refractivity contribution in [3.63, 3.8) is 0 Å². The lowest BCUT2D eigenvalue weighted by Gasteiger charge is -2.11. The second kappa shape index (κ2) is 4.90. The van der Waals surface area contributed by atoms with Gasteiger partial charge in [0.2, 0.25) is 0 Å². The number of benzene rings is 1. The summed E-state index contributed by atoms with van der Waals surface area (Å²) in [6, 6.07) is 9.58. The van der Waals surface area contributed by atoms with Crippen molar-refractivity contribution >= 4 is 11.0 Å². The summed E-state index contributed by atoms with van der Waals surface area (Å²) in [5.41, 5.74) is 7.14. The molecule has 2 heterocycles. The number of furan rings is 1. The summed E-state index contributed by atoms with van der Waals surface area (Å²) in [6.07, 6.45) is 4.80. The molecule has 2 N–H and O–H groups in total. The van der Waals surface area contributed by atoms with Crippen LogP contribution < -0.4 is 5.73 Å². The van der Waals surface area contributed by atoms with E-state index in [0.29, 0.717) is 0 Å². The second-order valence-electron chi connectivity index (χ2n) is 4.64. The average molecular weight is 255 g/mol. The Bertz CT molecular complexity index is 650. The van der Waals surface area contributed by atoms with Gasteiger partial charge in [0.05, 0.1) is 0 Å². The van der Waals surface area contributed by atoms with Gasteiger partial charge in [0.15, 0.2) is 0 Å². The molecule has 0 radical (unpaired) electrons. The molecule has 98 valence electrons. The molecule has 0 fully saturated rings. The van der Waals surface area contributed by atoms with Gasteiger partial charge in [0, 0.05) is 24.3 Å². The number of para-hydroxylation sites is 1. The quantitative estimate of drug-likeness (QED) is 0.779. The molecule has 3 rings (SSSR count). The van der Waals surface area contributed by atoms with E-state index in [-0.39, 0.29) is 6.04 Å². The Kier molecular flexibility index (Phi) is 3.09. The summed E-state index contributed by atoms with van der Waals surface area (Å²) < 4.78 is 7.89. The number of aryl methyl sites for hydroxylation is 1. The van der Waals surface area contributed by atoms with Crippen LogP contribution in [0.4, 0.5) is 0 Å². The van der Waals surface area contributed by atoms with Crippen LogP contribution in [0, 0.1) is 0 Å². The van der Waals surface area contributed by atoms with Gasteiger partial charge in [-0.15, -0.1) is 0 Å². The molecule has 0 saturated carbocycles. The highest BCUT2D eigenvalue weighted by Gasteiger charge is 2.18. The third-order valence-corrected chi connectivity index (χ3v) is 3.24. The van der Waals surface area contributed by atoms with Gasteiger partial charge >= 0.3 is 0 Å². The van der Waals surface area contributed by atoms with Crippen molar-refractivity contribution in [1.82, 2.24) is 9.55 Å². The second-order valence-corrected chi connectivity index (χ2v) is 4.64. The molecule has 4 nitrogen and oxygen atoms in total. The first-order chi connectivity index (χ1) is 9.29. The van der Waals surface area contributed by atoms with E-state index in [4.69, 9.17) is 10.2 Å². The van der Waals surface area contributed by atoms with Crippen LogP contribution in [0.3, 0.4) is 0 Å². The van der Waals surface area contributed by atoms with E-state index in [2.05, 4.69) is 16.5 Å². The summed E-state index contributed by atoms with van der Waals surface area (Å²) >= 11 is 0. The highest BCUT2D eigenvalue weighted by Crippen LogP contribution is 2.25. The Labute approximate surface area is 111 Å². The summed E-state index contributed by atoms with van der Waals surface area (Å²) in [5.74, 6) is 1.60. The molecule has 0 bridgehead atoms. The highest BCUT2D eigenvalue weighted by atomic mass is 16.3. The van der Waals surface area contributed by atoms with Crippen LogP contribution in [0.15, 0.2) is 47.1 Å². The highest BCUT2D eigenvalue weighted by molar-refractivity contribution is 5.77. The molecule has 3 aromatic rings. The lowest BCUT2D eigenvalue weighted by atomic mass is 10.2. The summed E-state index contributed by atoms with van der Waals surface area (Å²) in [7, 11) is 0. The van der Waals surface area contributed by atoms with E-state index in [0.717, 1.165) is 35.5 Å². The van der Waals surface area contributed by atoms with E-state index < -0.39 is 0 Å². The molecule has 0 aliphatic carbocycles. The Morgan fingerprint density at radius 1 is 1.37 bits per heavy atom. The first-order valence-electron chi connectivity index (χ1n) is 6.54. The predicted molar refractivity (Wildman–Crippen MR) is 74.8 cm³/mol. The number of rotatable bonds is 4. The standard InChI is InChI=1S/C15H17N3O/c1-2-8-18-9-7-17-15(18)14(16)13-10-11-5-3-4-6-12(11)19-13/h3-7,9-10,14H,2,8,16H2,1H3. The lowest BCUT2D eigenvalue weighted by Crippen LogP contribution is -2.17. The van der Waals surface area contributed by atoms with E-state index in [1.807, 2.05) is 36.5 Å². The number of imidazole rings is 1. The van der Waals surface area contributed by atoms with E-state index in [1.165, 1.54) is 0 Å². The minimum atomic E-state index is -0.325. The Balaban J connectivity index is 1.98. The molecule has 0 saturated heterocycles. The molecule has 0 aliphatic rings. The van der Waals surface area contributed by atoms with Crippen molar-refractivity contribution in [3.05, 3.63) is 54.3 Å². The molecule has 1 atom stereocenters. The van der Waals surface area contributed by atoms with Gasteiger partial charge in [-0.25, -0.2) is 4.98 Å². The molecule has 4 heteroatoms. The van der Waals surface area contributed by atoms with Crippen molar-refractivity contribution in [1.29, 1.82) is 0 Å². The third-order valence-electron chi connectivity index (χ3n) is 3.24. The monoisotopic (exact) mass is 255 g/mol. The molecule has 0 aliphatic heterocycles. The summed E-state index contributed by atoms with van der Waals surface area (Å²) in [6.45, 7) is 3.06. The van der Waals surface area contributed by atoms with Gasteiger partial charge in [-0.05, 0) is 18.6 Å². The smallest absolute Gasteiger partial charge is 0.134 e. The Morgan fingerprint density at radius 3 is 3.00 bits per heavy atom. The number of fused-ring (bicyclic) bond motifs is 1. The maximum atomic E-state index is 6.28. The van der Waals surface area contributed by atoms with Crippen LogP contribution in [0.1, 0.15) is 31.0 Å². The lowest BCUT2D eigenvalue weighted by molar-refractivity contribution is 0.499. The number of nitrogens with two attached hydrogens (primary N) is 1. The van der Waals surface area contributed by atoms with Crippen molar-refractivity contribution in [2.45, 2.75) is 25.9 Å². The van der Waals surface area contributed by atoms with Crippen molar-refractivity contribution in [2.75, 3.05) is 0 Å². The Hall–Kier alpha value is -2.07. The topological polar surface area (TPSA) is 57.0 Å². The van der Waals surface area contributed by atoms with E-state index >= 15 is 0 Å².